The van der Waals surface area contributed by atoms with Crippen LogP contribution in [0.25, 0.3) is 0 Å². The van der Waals surface area contributed by atoms with Crippen molar-refractivity contribution >= 4 is 11.6 Å². The van der Waals surface area contributed by atoms with Crippen molar-refractivity contribution in [2.45, 2.75) is 6.42 Å². The van der Waals surface area contributed by atoms with Crippen molar-refractivity contribution in [3.8, 4) is 0 Å². The molecule has 1 amide bonds. The van der Waals surface area contributed by atoms with Gasteiger partial charge in [-0.15, -0.1) is 0 Å². The first kappa shape index (κ1) is 16.9. The Hall–Kier alpha value is -1.93. The largest absolute Gasteiger partial charge is 0.379 e. The maximum absolute atomic E-state index is 12.0. The third-order valence-electron chi connectivity index (χ3n) is 4.66. The van der Waals surface area contributed by atoms with Crippen LogP contribution in [0.1, 0.15) is 6.42 Å². The normalized spacial score (nSPS) is 21.9. The maximum Gasteiger partial charge on any atom is 0.268 e. The zero-order valence-corrected chi connectivity index (χ0v) is 14.1. The lowest BCUT2D eigenvalue weighted by atomic mass is 10.1. The molecule has 2 fully saturated rings. The molecule has 8 heteroatoms. The highest BCUT2D eigenvalue weighted by molar-refractivity contribution is 5.78. The summed E-state index contributed by atoms with van der Waals surface area (Å²) < 4.78 is 6.61. The van der Waals surface area contributed by atoms with Crippen molar-refractivity contribution in [1.82, 2.24) is 20.0 Å². The Balaban J connectivity index is 1.43. The number of aromatic nitrogens is 2. The van der Waals surface area contributed by atoms with Crippen LogP contribution in [-0.2, 0) is 16.6 Å². The molecule has 0 radical (unpaired) electrons. The van der Waals surface area contributed by atoms with Gasteiger partial charge in [0.25, 0.3) is 5.56 Å². The van der Waals surface area contributed by atoms with Crippen molar-refractivity contribution in [2.24, 2.45) is 13.0 Å². The van der Waals surface area contributed by atoms with E-state index in [1.807, 2.05) is 0 Å². The number of hydrogen-bond acceptors (Lipinski definition) is 6. The van der Waals surface area contributed by atoms with E-state index in [9.17, 15) is 9.59 Å². The zero-order chi connectivity index (χ0) is 16.9. The van der Waals surface area contributed by atoms with E-state index in [-0.39, 0.29) is 11.5 Å². The summed E-state index contributed by atoms with van der Waals surface area (Å²) in [6.07, 6.45) is 2.73. The molecule has 0 saturated carbocycles. The number of nitrogens with one attached hydrogen (secondary N) is 1. The second-order valence-corrected chi connectivity index (χ2v) is 6.47. The highest BCUT2D eigenvalue weighted by Crippen LogP contribution is 2.21. The molecule has 0 bridgehead atoms. The highest BCUT2D eigenvalue weighted by Gasteiger charge is 2.24. The van der Waals surface area contributed by atoms with Crippen LogP contribution < -0.4 is 15.8 Å². The molecule has 24 heavy (non-hydrogen) atoms. The van der Waals surface area contributed by atoms with E-state index in [2.05, 4.69) is 20.2 Å². The number of anilines is 1. The number of aryl methyl sites for hydroxylation is 1. The van der Waals surface area contributed by atoms with Crippen LogP contribution >= 0.6 is 0 Å². The molecular formula is C16H25N5O3. The Bertz CT molecular complexity index is 626. The molecule has 0 aromatic carbocycles. The van der Waals surface area contributed by atoms with E-state index in [1.54, 1.807) is 19.3 Å². The molecule has 8 nitrogen and oxygen atoms in total. The smallest absolute Gasteiger partial charge is 0.268 e. The Labute approximate surface area is 141 Å². The second-order valence-electron chi connectivity index (χ2n) is 6.47. The minimum absolute atomic E-state index is 0.0746. The van der Waals surface area contributed by atoms with E-state index >= 15 is 0 Å². The molecule has 132 valence electrons. The van der Waals surface area contributed by atoms with Gasteiger partial charge in [0.15, 0.2) is 0 Å². The number of morpholine rings is 1. The summed E-state index contributed by atoms with van der Waals surface area (Å²) in [5.74, 6) is 0.480. The number of rotatable bonds is 5. The molecule has 1 N–H and O–H groups in total. The fourth-order valence-electron chi connectivity index (χ4n) is 3.14. The first-order valence-corrected chi connectivity index (χ1v) is 8.47. The molecule has 3 heterocycles. The van der Waals surface area contributed by atoms with Gasteiger partial charge in [-0.25, -0.2) is 4.68 Å². The van der Waals surface area contributed by atoms with Crippen LogP contribution in [0.5, 0.6) is 0 Å². The summed E-state index contributed by atoms with van der Waals surface area (Å²) >= 11 is 0. The summed E-state index contributed by atoms with van der Waals surface area (Å²) in [4.78, 5) is 28.0. The van der Waals surface area contributed by atoms with Gasteiger partial charge in [-0.2, -0.15) is 5.10 Å². The lowest BCUT2D eigenvalue weighted by molar-refractivity contribution is -0.123. The predicted octanol–water partition coefficient (Wildman–Crippen LogP) is -0.945. The minimum Gasteiger partial charge on any atom is -0.379 e. The summed E-state index contributed by atoms with van der Waals surface area (Å²) in [6.45, 7) is 5.90. The summed E-state index contributed by atoms with van der Waals surface area (Å²) in [6, 6.07) is 1.62. The van der Waals surface area contributed by atoms with Gasteiger partial charge in [0.05, 0.1) is 31.6 Å². The maximum atomic E-state index is 12.0. The average molecular weight is 335 g/mol. The van der Waals surface area contributed by atoms with E-state index < -0.39 is 0 Å². The molecule has 2 aliphatic heterocycles. The molecule has 0 aliphatic carbocycles. The molecule has 1 aromatic rings. The van der Waals surface area contributed by atoms with Crippen molar-refractivity contribution in [3.63, 3.8) is 0 Å². The van der Waals surface area contributed by atoms with Gasteiger partial charge in [0, 0.05) is 45.8 Å². The molecule has 1 aromatic heterocycles. The van der Waals surface area contributed by atoms with Crippen molar-refractivity contribution in [1.29, 1.82) is 0 Å². The molecule has 3 rings (SSSR count). The second kappa shape index (κ2) is 7.76. The van der Waals surface area contributed by atoms with Crippen molar-refractivity contribution < 1.29 is 9.53 Å². The Morgan fingerprint density at radius 3 is 2.92 bits per heavy atom. The third-order valence-corrected chi connectivity index (χ3v) is 4.66. The van der Waals surface area contributed by atoms with Crippen molar-refractivity contribution in [2.75, 3.05) is 57.4 Å². The summed E-state index contributed by atoms with van der Waals surface area (Å²) in [5, 5.41) is 7.10. The first-order chi connectivity index (χ1) is 11.6. The van der Waals surface area contributed by atoms with E-state index in [1.165, 1.54) is 4.68 Å². The fraction of sp³-hybridized carbons (Fsp3) is 0.688. The standard InChI is InChI=1S/C16H25N5O3/c1-19-16(23)8-14(10-18-19)21-3-2-13(11-21)9-17-15(22)12-20-4-6-24-7-5-20/h8,10,13H,2-7,9,11-12H2,1H3,(H,17,22)/t13-/m0/s1. The predicted molar refractivity (Wildman–Crippen MR) is 90.1 cm³/mol. The number of hydrogen-bond donors (Lipinski definition) is 1. The number of ether oxygens (including phenoxy) is 1. The first-order valence-electron chi connectivity index (χ1n) is 8.47. The number of carbonyl (C=O) groups is 1. The van der Waals surface area contributed by atoms with E-state index in [0.29, 0.717) is 32.2 Å². The molecule has 1 atom stereocenters. The van der Waals surface area contributed by atoms with Crippen LogP contribution in [0.15, 0.2) is 17.1 Å². The van der Waals surface area contributed by atoms with Crippen LogP contribution in [0.3, 0.4) is 0 Å². The lowest BCUT2D eigenvalue weighted by Gasteiger charge is -2.26. The van der Waals surface area contributed by atoms with Gasteiger partial charge >= 0.3 is 0 Å². The zero-order valence-electron chi connectivity index (χ0n) is 14.1. The van der Waals surface area contributed by atoms with Gasteiger partial charge in [-0.1, -0.05) is 0 Å². The minimum atomic E-state index is -0.102. The Morgan fingerprint density at radius 2 is 2.17 bits per heavy atom. The van der Waals surface area contributed by atoms with Crippen LogP contribution in [0.2, 0.25) is 0 Å². The third kappa shape index (κ3) is 4.33. The average Bonchev–Trinajstić information content (AvgIpc) is 3.05. The van der Waals surface area contributed by atoms with Gasteiger partial charge < -0.3 is 15.0 Å². The Kier molecular flexibility index (Phi) is 5.47. The number of nitrogens with zero attached hydrogens (tertiary/aromatic N) is 4. The molecule has 0 spiro atoms. The lowest BCUT2D eigenvalue weighted by Crippen LogP contribution is -2.44. The molecule has 0 unspecified atom stereocenters. The topological polar surface area (TPSA) is 79.7 Å². The van der Waals surface area contributed by atoms with E-state index in [0.717, 1.165) is 38.3 Å². The number of amides is 1. The van der Waals surface area contributed by atoms with E-state index in [4.69, 9.17) is 4.74 Å². The quantitative estimate of drug-likeness (QED) is 0.748. The van der Waals surface area contributed by atoms with Gasteiger partial charge in [-0.3, -0.25) is 14.5 Å². The van der Waals surface area contributed by atoms with Gasteiger partial charge in [0.2, 0.25) is 5.91 Å². The summed E-state index contributed by atoms with van der Waals surface area (Å²) in [5.41, 5.74) is 0.759. The molecular weight excluding hydrogens is 310 g/mol. The number of carbonyl (C=O) groups excluding carboxylic acids is 1. The Morgan fingerprint density at radius 1 is 1.38 bits per heavy atom. The monoisotopic (exact) mass is 335 g/mol. The van der Waals surface area contributed by atoms with Crippen LogP contribution in [0.4, 0.5) is 5.69 Å². The highest BCUT2D eigenvalue weighted by atomic mass is 16.5. The van der Waals surface area contributed by atoms with Gasteiger partial charge in [-0.05, 0) is 12.3 Å². The molecule has 2 saturated heterocycles. The SMILES string of the molecule is Cn1ncc(N2CC[C@@H](CNC(=O)CN3CCOCC3)C2)cc1=O. The summed E-state index contributed by atoms with van der Waals surface area (Å²) in [7, 11) is 1.64. The van der Waals surface area contributed by atoms with Crippen LogP contribution in [-0.4, -0.2) is 73.1 Å². The van der Waals surface area contributed by atoms with Crippen molar-refractivity contribution in [3.05, 3.63) is 22.6 Å². The fourth-order valence-corrected chi connectivity index (χ4v) is 3.14. The molecule has 2 aliphatic rings. The van der Waals surface area contributed by atoms with Gasteiger partial charge in [0.1, 0.15) is 0 Å². The van der Waals surface area contributed by atoms with Crippen LogP contribution in [0, 0.1) is 5.92 Å².